The summed E-state index contributed by atoms with van der Waals surface area (Å²) in [6, 6.07) is 9.17. The third-order valence-corrected chi connectivity index (χ3v) is 5.98. The molecule has 0 saturated heterocycles. The Morgan fingerprint density at radius 1 is 1.00 bits per heavy atom. The van der Waals surface area contributed by atoms with Crippen LogP contribution in [0.2, 0.25) is 0 Å². The lowest BCUT2D eigenvalue weighted by Crippen LogP contribution is -2.48. The summed E-state index contributed by atoms with van der Waals surface area (Å²) in [5, 5.41) is 12.5. The Kier molecular flexibility index (Phi) is 9.84. The van der Waals surface area contributed by atoms with E-state index in [1.54, 1.807) is 37.3 Å². The zero-order valence-corrected chi connectivity index (χ0v) is 20.3. The largest absolute Gasteiger partial charge is 0.490 e. The molecule has 2 atom stereocenters. The van der Waals surface area contributed by atoms with Gasteiger partial charge in [0.1, 0.15) is 6.04 Å². The van der Waals surface area contributed by atoms with Crippen molar-refractivity contribution in [1.82, 2.24) is 4.72 Å². The number of aliphatic hydroxyl groups is 1. The highest BCUT2D eigenvalue weighted by Gasteiger charge is 2.31. The van der Waals surface area contributed by atoms with Gasteiger partial charge in [0, 0.05) is 11.8 Å². The van der Waals surface area contributed by atoms with Gasteiger partial charge in [0.2, 0.25) is 10.0 Å². The molecule has 0 spiro atoms. The minimum absolute atomic E-state index is 0.0742. The number of rotatable bonds is 12. The Hall–Kier alpha value is -3.15. The number of anilines is 1. The molecule has 2 aromatic rings. The first kappa shape index (κ1) is 27.1. The molecule has 0 aliphatic rings. The lowest BCUT2D eigenvalue weighted by molar-refractivity contribution is -0.151. The van der Waals surface area contributed by atoms with Crippen molar-refractivity contribution < 1.29 is 37.3 Å². The fourth-order valence-corrected chi connectivity index (χ4v) is 4.11. The number of hydrogen-bond donors (Lipinski definition) is 3. The molecule has 0 bridgehead atoms. The number of nitrogens with one attached hydrogen (secondary N) is 2. The molecule has 0 aromatic heterocycles. The van der Waals surface area contributed by atoms with E-state index < -0.39 is 40.7 Å². The molecule has 0 aliphatic heterocycles. The van der Waals surface area contributed by atoms with Gasteiger partial charge in [-0.05, 0) is 52.0 Å². The van der Waals surface area contributed by atoms with Crippen molar-refractivity contribution in [2.75, 3.05) is 25.1 Å². The van der Waals surface area contributed by atoms with E-state index >= 15 is 0 Å². The van der Waals surface area contributed by atoms with Crippen molar-refractivity contribution in [3.63, 3.8) is 0 Å². The van der Waals surface area contributed by atoms with E-state index in [1.165, 1.54) is 19.1 Å². The number of amides is 1. The number of sulfonamides is 1. The van der Waals surface area contributed by atoms with Gasteiger partial charge in [-0.3, -0.25) is 9.59 Å². The molecular weight excluding hydrogens is 464 g/mol. The summed E-state index contributed by atoms with van der Waals surface area (Å²) < 4.78 is 43.2. The van der Waals surface area contributed by atoms with Crippen molar-refractivity contribution in [1.29, 1.82) is 0 Å². The molecule has 2 unspecified atom stereocenters. The van der Waals surface area contributed by atoms with Crippen LogP contribution in [-0.4, -0.2) is 57.4 Å². The van der Waals surface area contributed by atoms with Crippen LogP contribution in [0.4, 0.5) is 5.69 Å². The summed E-state index contributed by atoms with van der Waals surface area (Å²) in [5.41, 5.74) is 1.25. The van der Waals surface area contributed by atoms with E-state index in [-0.39, 0.29) is 4.90 Å². The Balaban J connectivity index is 2.01. The lowest BCUT2D eigenvalue weighted by Gasteiger charge is -2.20. The Labute approximate surface area is 199 Å². The highest BCUT2D eigenvalue weighted by molar-refractivity contribution is 7.89. The molecule has 2 rings (SSSR count). The van der Waals surface area contributed by atoms with E-state index in [0.717, 1.165) is 5.56 Å². The van der Waals surface area contributed by atoms with Gasteiger partial charge in [-0.1, -0.05) is 17.7 Å². The van der Waals surface area contributed by atoms with E-state index in [2.05, 4.69) is 10.0 Å². The quantitative estimate of drug-likeness (QED) is 0.381. The van der Waals surface area contributed by atoms with Crippen molar-refractivity contribution in [2.45, 2.75) is 44.7 Å². The van der Waals surface area contributed by atoms with Gasteiger partial charge in [0.15, 0.2) is 18.1 Å². The zero-order chi connectivity index (χ0) is 25.3. The van der Waals surface area contributed by atoms with Gasteiger partial charge in [0.25, 0.3) is 5.91 Å². The second kappa shape index (κ2) is 12.4. The molecule has 1 amide bonds. The van der Waals surface area contributed by atoms with Crippen LogP contribution in [0.25, 0.3) is 0 Å². The summed E-state index contributed by atoms with van der Waals surface area (Å²) in [6.07, 6.45) is -1.41. The summed E-state index contributed by atoms with van der Waals surface area (Å²) in [6.45, 7) is 6.83. The van der Waals surface area contributed by atoms with Gasteiger partial charge in [-0.25, -0.2) is 8.42 Å². The number of ether oxygens (including phenoxy) is 3. The van der Waals surface area contributed by atoms with Crippen molar-refractivity contribution in [3.8, 4) is 11.5 Å². The number of esters is 1. The smallest absolute Gasteiger partial charge is 0.327 e. The molecule has 11 heteroatoms. The molecule has 34 heavy (non-hydrogen) atoms. The number of aryl methyl sites for hydroxylation is 1. The van der Waals surface area contributed by atoms with Gasteiger partial charge < -0.3 is 24.6 Å². The van der Waals surface area contributed by atoms with Gasteiger partial charge in [0.05, 0.1) is 24.2 Å². The number of aliphatic hydroxyl groups excluding tert-OH is 1. The molecule has 0 radical (unpaired) electrons. The number of benzene rings is 2. The minimum atomic E-state index is -4.11. The zero-order valence-electron chi connectivity index (χ0n) is 19.5. The molecule has 3 N–H and O–H groups in total. The van der Waals surface area contributed by atoms with E-state index in [1.807, 2.05) is 13.8 Å². The topological polar surface area (TPSA) is 140 Å². The van der Waals surface area contributed by atoms with E-state index in [4.69, 9.17) is 14.2 Å². The summed E-state index contributed by atoms with van der Waals surface area (Å²) in [5.74, 6) is -0.790. The Morgan fingerprint density at radius 3 is 2.21 bits per heavy atom. The predicted octanol–water partition coefficient (Wildman–Crippen LogP) is 2.00. The second-order valence-corrected chi connectivity index (χ2v) is 9.05. The molecule has 186 valence electrons. The summed E-state index contributed by atoms with van der Waals surface area (Å²) in [4.78, 5) is 24.6. The highest BCUT2D eigenvalue weighted by atomic mass is 32.2. The van der Waals surface area contributed by atoms with Crippen LogP contribution in [0.3, 0.4) is 0 Å². The maximum atomic E-state index is 12.6. The highest BCUT2D eigenvalue weighted by Crippen LogP contribution is 2.30. The van der Waals surface area contributed by atoms with Crippen molar-refractivity contribution in [3.05, 3.63) is 48.0 Å². The molecule has 0 heterocycles. The maximum Gasteiger partial charge on any atom is 0.327 e. The van der Waals surface area contributed by atoms with E-state index in [0.29, 0.717) is 30.4 Å². The van der Waals surface area contributed by atoms with Crippen LogP contribution < -0.4 is 19.5 Å². The normalized spacial score (nSPS) is 13.0. The van der Waals surface area contributed by atoms with Gasteiger partial charge >= 0.3 is 5.97 Å². The number of carbonyl (C=O) groups is 2. The summed E-state index contributed by atoms with van der Waals surface area (Å²) in [7, 11) is -4.11. The first-order chi connectivity index (χ1) is 16.1. The van der Waals surface area contributed by atoms with Crippen LogP contribution in [0.5, 0.6) is 11.5 Å². The average Bonchev–Trinajstić information content (AvgIpc) is 2.78. The van der Waals surface area contributed by atoms with Crippen molar-refractivity contribution >= 4 is 27.6 Å². The van der Waals surface area contributed by atoms with Gasteiger partial charge in [-0.2, -0.15) is 4.72 Å². The van der Waals surface area contributed by atoms with Crippen LogP contribution in [-0.2, 0) is 24.3 Å². The van der Waals surface area contributed by atoms with Crippen molar-refractivity contribution in [2.24, 2.45) is 0 Å². The van der Waals surface area contributed by atoms with E-state index in [9.17, 15) is 23.1 Å². The Morgan fingerprint density at radius 2 is 1.62 bits per heavy atom. The third-order valence-electron chi connectivity index (χ3n) is 4.52. The first-order valence-corrected chi connectivity index (χ1v) is 12.2. The fraction of sp³-hybridized carbons (Fsp3) is 0.391. The second-order valence-electron chi connectivity index (χ2n) is 7.34. The summed E-state index contributed by atoms with van der Waals surface area (Å²) >= 11 is 0. The third kappa shape index (κ3) is 7.72. The molecule has 10 nitrogen and oxygen atoms in total. The molecule has 0 fully saturated rings. The average molecular weight is 495 g/mol. The Bertz CT molecular complexity index is 1080. The van der Waals surface area contributed by atoms with Crippen LogP contribution >= 0.6 is 0 Å². The molecular formula is C23H30N2O8S. The maximum absolute atomic E-state index is 12.6. The number of hydrogen-bond acceptors (Lipinski definition) is 8. The lowest BCUT2D eigenvalue weighted by atomic mass is 10.2. The standard InChI is InChI=1S/C23H30N2O8S/c1-5-31-19-12-9-17(13-20(19)32-6-2)24-21(27)14-33-23(28)22(16(4)26)25-34(29,30)18-10-7-15(3)8-11-18/h7-13,16,22,25-26H,5-6,14H2,1-4H3,(H,24,27). The fourth-order valence-electron chi connectivity index (χ4n) is 2.85. The molecule has 0 saturated carbocycles. The van der Waals surface area contributed by atoms with Crippen LogP contribution in [0.15, 0.2) is 47.4 Å². The van der Waals surface area contributed by atoms with Gasteiger partial charge in [-0.15, -0.1) is 0 Å². The van der Waals surface area contributed by atoms with Crippen LogP contribution in [0.1, 0.15) is 26.3 Å². The molecule has 0 aliphatic carbocycles. The first-order valence-electron chi connectivity index (χ1n) is 10.7. The predicted molar refractivity (Wildman–Crippen MR) is 125 cm³/mol. The monoisotopic (exact) mass is 494 g/mol. The minimum Gasteiger partial charge on any atom is -0.490 e. The van der Waals surface area contributed by atoms with Crippen LogP contribution in [0, 0.1) is 6.92 Å². The molecule has 2 aromatic carbocycles. The SMILES string of the molecule is CCOc1ccc(NC(=O)COC(=O)C(NS(=O)(=O)c2ccc(C)cc2)C(C)O)cc1OCC. The number of carbonyl (C=O) groups excluding carboxylic acids is 2.